The molecule has 0 radical (unpaired) electrons. The molecule has 2 aromatic rings. The smallest absolute Gasteiger partial charge is 0.463 e. The van der Waals surface area contributed by atoms with Crippen LogP contribution in [0.2, 0.25) is 0 Å². The molecule has 2 rings (SSSR count). The molecule has 22 heavy (non-hydrogen) atoms. The molecule has 0 aliphatic rings. The number of furan rings is 1. The molecule has 5 nitrogen and oxygen atoms in total. The van der Waals surface area contributed by atoms with Gasteiger partial charge in [0.05, 0.1) is 6.26 Å². The number of carbonyl (C=O) groups excluding carboxylic acids is 1. The van der Waals surface area contributed by atoms with Crippen LogP contribution in [0.4, 0.5) is 18.9 Å². The number of nitrogens with one attached hydrogen (secondary N) is 1. The maximum atomic E-state index is 12.1. The zero-order valence-electron chi connectivity index (χ0n) is 11.4. The van der Waals surface area contributed by atoms with Crippen LogP contribution in [0.15, 0.2) is 47.1 Å². The molecule has 0 spiro atoms. The largest absolute Gasteiger partial charge is 0.573 e. The van der Waals surface area contributed by atoms with Crippen LogP contribution < -0.4 is 15.4 Å². The van der Waals surface area contributed by atoms with Crippen LogP contribution in [0, 0.1) is 0 Å². The molecule has 0 aliphatic heterocycles. The number of ether oxygens (including phenoxy) is 1. The van der Waals surface area contributed by atoms with Gasteiger partial charge in [0.25, 0.3) is 5.91 Å². The lowest BCUT2D eigenvalue weighted by Crippen LogP contribution is -2.84. The molecule has 1 amide bonds. The van der Waals surface area contributed by atoms with Crippen molar-refractivity contribution in [2.75, 3.05) is 11.9 Å². The van der Waals surface area contributed by atoms with Gasteiger partial charge in [-0.2, -0.15) is 0 Å². The van der Waals surface area contributed by atoms with Gasteiger partial charge in [-0.25, -0.2) is 0 Å². The fourth-order valence-corrected chi connectivity index (χ4v) is 1.76. The molecular formula is C14H14F3N2O3+. The van der Waals surface area contributed by atoms with Gasteiger partial charge in [0.1, 0.15) is 12.3 Å². The second-order valence-corrected chi connectivity index (χ2v) is 4.40. The normalized spacial score (nSPS) is 11.2. The third kappa shape index (κ3) is 5.49. The SMILES string of the molecule is O=C(C[NH2+]Cc1ccco1)Nc1cccc(OC(F)(F)F)c1. The van der Waals surface area contributed by atoms with Crippen molar-refractivity contribution in [3.05, 3.63) is 48.4 Å². The predicted octanol–water partition coefficient (Wildman–Crippen LogP) is 1.88. The van der Waals surface area contributed by atoms with Crippen molar-refractivity contribution in [3.8, 4) is 5.75 Å². The Hall–Kier alpha value is -2.48. The van der Waals surface area contributed by atoms with Crippen molar-refractivity contribution in [1.82, 2.24) is 0 Å². The number of benzene rings is 1. The van der Waals surface area contributed by atoms with Crippen LogP contribution in [0.3, 0.4) is 0 Å². The van der Waals surface area contributed by atoms with Crippen LogP contribution in [0.25, 0.3) is 0 Å². The van der Waals surface area contributed by atoms with Crippen LogP contribution in [0.1, 0.15) is 5.76 Å². The van der Waals surface area contributed by atoms with E-state index in [-0.39, 0.29) is 23.9 Å². The number of amides is 1. The Morgan fingerprint density at radius 1 is 1.27 bits per heavy atom. The van der Waals surface area contributed by atoms with Gasteiger partial charge in [0.2, 0.25) is 0 Å². The third-order valence-corrected chi connectivity index (χ3v) is 2.61. The van der Waals surface area contributed by atoms with Gasteiger partial charge >= 0.3 is 6.36 Å². The molecular weight excluding hydrogens is 301 g/mol. The second-order valence-electron chi connectivity index (χ2n) is 4.40. The van der Waals surface area contributed by atoms with Crippen molar-refractivity contribution < 1.29 is 32.4 Å². The molecule has 0 aliphatic carbocycles. The third-order valence-electron chi connectivity index (χ3n) is 2.61. The summed E-state index contributed by atoms with van der Waals surface area (Å²) in [5.74, 6) is 0.00829. The van der Waals surface area contributed by atoms with E-state index in [1.165, 1.54) is 18.4 Å². The van der Waals surface area contributed by atoms with E-state index >= 15 is 0 Å². The van der Waals surface area contributed by atoms with Gasteiger partial charge in [0, 0.05) is 11.8 Å². The van der Waals surface area contributed by atoms with E-state index in [0.29, 0.717) is 6.54 Å². The lowest BCUT2D eigenvalue weighted by Gasteiger charge is -2.10. The second kappa shape index (κ2) is 6.99. The molecule has 0 unspecified atom stereocenters. The minimum atomic E-state index is -4.76. The number of halogens is 3. The first-order valence-corrected chi connectivity index (χ1v) is 6.42. The quantitative estimate of drug-likeness (QED) is 0.855. The van der Waals surface area contributed by atoms with E-state index in [4.69, 9.17) is 4.42 Å². The van der Waals surface area contributed by atoms with Crippen LogP contribution in [0.5, 0.6) is 5.75 Å². The molecule has 0 saturated heterocycles. The van der Waals surface area contributed by atoms with Crippen LogP contribution >= 0.6 is 0 Å². The van der Waals surface area contributed by atoms with Gasteiger partial charge in [0.15, 0.2) is 12.3 Å². The molecule has 0 saturated carbocycles. The maximum Gasteiger partial charge on any atom is 0.573 e. The summed E-state index contributed by atoms with van der Waals surface area (Å²) in [6.45, 7) is 0.614. The average molecular weight is 315 g/mol. The van der Waals surface area contributed by atoms with Gasteiger partial charge < -0.3 is 19.8 Å². The highest BCUT2D eigenvalue weighted by Crippen LogP contribution is 2.24. The lowest BCUT2D eigenvalue weighted by molar-refractivity contribution is -0.661. The summed E-state index contributed by atoms with van der Waals surface area (Å²) in [7, 11) is 0. The number of hydrogen-bond donors (Lipinski definition) is 2. The van der Waals surface area contributed by atoms with E-state index in [0.717, 1.165) is 17.9 Å². The molecule has 1 aromatic carbocycles. The van der Waals surface area contributed by atoms with E-state index in [9.17, 15) is 18.0 Å². The Kier molecular flexibility index (Phi) is 5.05. The summed E-state index contributed by atoms with van der Waals surface area (Å²) in [4.78, 5) is 11.7. The fourth-order valence-electron chi connectivity index (χ4n) is 1.76. The number of anilines is 1. The van der Waals surface area contributed by atoms with Gasteiger partial charge in [-0.05, 0) is 24.3 Å². The van der Waals surface area contributed by atoms with Gasteiger partial charge in [-0.1, -0.05) is 6.07 Å². The maximum absolute atomic E-state index is 12.1. The Bertz CT molecular complexity index is 612. The van der Waals surface area contributed by atoms with Crippen LogP contribution in [-0.4, -0.2) is 18.8 Å². The van der Waals surface area contributed by atoms with Crippen LogP contribution in [-0.2, 0) is 11.3 Å². The predicted molar refractivity (Wildman–Crippen MR) is 71.0 cm³/mol. The summed E-state index contributed by atoms with van der Waals surface area (Å²) < 4.78 is 45.2. The molecule has 1 aromatic heterocycles. The summed E-state index contributed by atoms with van der Waals surface area (Å²) in [5.41, 5.74) is 0.234. The van der Waals surface area contributed by atoms with Crippen molar-refractivity contribution in [2.45, 2.75) is 12.9 Å². The fraction of sp³-hybridized carbons (Fsp3) is 0.214. The topological polar surface area (TPSA) is 68.1 Å². The minimum Gasteiger partial charge on any atom is -0.463 e. The first-order valence-electron chi connectivity index (χ1n) is 6.42. The molecule has 0 fully saturated rings. The zero-order chi connectivity index (χ0) is 16.0. The highest BCUT2D eigenvalue weighted by molar-refractivity contribution is 5.91. The molecule has 0 bridgehead atoms. The Morgan fingerprint density at radius 2 is 2.09 bits per heavy atom. The first-order chi connectivity index (χ1) is 10.4. The monoisotopic (exact) mass is 315 g/mol. The Labute approximate surface area is 124 Å². The van der Waals surface area contributed by atoms with Gasteiger partial charge in [-0.3, -0.25) is 4.79 Å². The lowest BCUT2D eigenvalue weighted by atomic mass is 10.3. The van der Waals surface area contributed by atoms with Crippen molar-refractivity contribution in [3.63, 3.8) is 0 Å². The van der Waals surface area contributed by atoms with Crippen molar-refractivity contribution in [1.29, 1.82) is 0 Å². The number of nitrogens with two attached hydrogens (primary N) is 1. The number of alkyl halides is 3. The first kappa shape index (κ1) is 15.9. The van der Waals surface area contributed by atoms with E-state index < -0.39 is 6.36 Å². The highest BCUT2D eigenvalue weighted by Gasteiger charge is 2.31. The Balaban J connectivity index is 1.82. The molecule has 3 N–H and O–H groups in total. The van der Waals surface area contributed by atoms with Gasteiger partial charge in [-0.15, -0.1) is 13.2 Å². The average Bonchev–Trinajstić information content (AvgIpc) is 2.90. The molecule has 1 heterocycles. The number of quaternary nitrogens is 1. The highest BCUT2D eigenvalue weighted by atomic mass is 19.4. The number of carbonyl (C=O) groups is 1. The summed E-state index contributed by atoms with van der Waals surface area (Å²) >= 11 is 0. The number of rotatable bonds is 6. The summed E-state index contributed by atoms with van der Waals surface area (Å²) in [6.07, 6.45) is -3.23. The molecule has 0 atom stereocenters. The van der Waals surface area contributed by atoms with E-state index in [1.54, 1.807) is 17.4 Å². The Morgan fingerprint density at radius 3 is 2.77 bits per heavy atom. The molecule has 118 valence electrons. The van der Waals surface area contributed by atoms with E-state index in [2.05, 4.69) is 10.1 Å². The summed E-state index contributed by atoms with van der Waals surface area (Å²) in [5, 5.41) is 4.21. The standard InChI is InChI=1S/C14H13F3N2O3/c15-14(16,17)22-11-4-1-3-10(7-11)19-13(20)9-18-8-12-5-2-6-21-12/h1-7,18H,8-9H2,(H,19,20)/p+1. The number of hydrogen-bond acceptors (Lipinski definition) is 3. The van der Waals surface area contributed by atoms with E-state index in [1.807, 2.05) is 0 Å². The summed E-state index contributed by atoms with van der Waals surface area (Å²) in [6, 6.07) is 8.64. The molecule has 8 heteroatoms. The van der Waals surface area contributed by atoms with Crippen molar-refractivity contribution in [2.24, 2.45) is 0 Å². The van der Waals surface area contributed by atoms with Crippen molar-refractivity contribution >= 4 is 11.6 Å². The minimum absolute atomic E-state index is 0.116. The zero-order valence-corrected chi connectivity index (χ0v) is 11.4.